The van der Waals surface area contributed by atoms with E-state index in [-0.39, 0.29) is 5.82 Å². The van der Waals surface area contributed by atoms with Gasteiger partial charge in [0.1, 0.15) is 10.8 Å². The predicted octanol–water partition coefficient (Wildman–Crippen LogP) is 4.89. The molecule has 0 aliphatic carbocycles. The molecule has 0 amide bonds. The van der Waals surface area contributed by atoms with Crippen LogP contribution in [-0.4, -0.2) is 4.98 Å². The minimum atomic E-state index is -0.213. The van der Waals surface area contributed by atoms with Gasteiger partial charge in [0.15, 0.2) is 0 Å². The van der Waals surface area contributed by atoms with E-state index in [4.69, 9.17) is 11.6 Å². The maximum atomic E-state index is 12.8. The van der Waals surface area contributed by atoms with Gasteiger partial charge in [0, 0.05) is 24.3 Å². The molecule has 0 unspecified atom stereocenters. The third-order valence-electron chi connectivity index (χ3n) is 3.18. The van der Waals surface area contributed by atoms with Gasteiger partial charge in [0.05, 0.1) is 4.88 Å². The van der Waals surface area contributed by atoms with Crippen molar-refractivity contribution in [2.45, 2.75) is 13.1 Å². The average molecular weight is 333 g/mol. The lowest BCUT2D eigenvalue weighted by atomic mass is 10.2. The molecule has 0 saturated heterocycles. The fourth-order valence-corrected chi connectivity index (χ4v) is 3.16. The lowest BCUT2D eigenvalue weighted by Crippen LogP contribution is -2.12. The molecule has 0 aliphatic rings. The zero-order chi connectivity index (χ0) is 15.4. The lowest BCUT2D eigenvalue weighted by molar-refractivity contribution is 0.625. The van der Waals surface area contributed by atoms with Crippen LogP contribution in [-0.2, 0) is 13.1 Å². The third-order valence-corrected chi connectivity index (χ3v) is 4.46. The second-order valence-electron chi connectivity index (χ2n) is 4.86. The molecular formula is C17H14ClFN2S. The van der Waals surface area contributed by atoms with Crippen molar-refractivity contribution in [2.24, 2.45) is 0 Å². The number of thiazole rings is 1. The summed E-state index contributed by atoms with van der Waals surface area (Å²) in [4.78, 5) is 5.52. The Bertz CT molecular complexity index is 755. The average Bonchev–Trinajstić information content (AvgIpc) is 2.98. The monoisotopic (exact) mass is 332 g/mol. The van der Waals surface area contributed by atoms with Gasteiger partial charge in [-0.25, -0.2) is 9.37 Å². The number of hydrogen-bond acceptors (Lipinski definition) is 3. The molecule has 0 bridgehead atoms. The largest absolute Gasteiger partial charge is 0.306 e. The Morgan fingerprint density at radius 3 is 2.68 bits per heavy atom. The minimum Gasteiger partial charge on any atom is -0.306 e. The summed E-state index contributed by atoms with van der Waals surface area (Å²) in [5, 5.41) is 5.05. The first-order valence-corrected chi connectivity index (χ1v) is 8.06. The number of aromatic nitrogens is 1. The number of nitrogens with one attached hydrogen (secondary N) is 1. The standard InChI is InChI=1S/C17H14ClFN2S/c18-14-3-1-2-13(8-14)16-10-21-17(22-16)11-20-9-12-4-6-15(19)7-5-12/h1-8,10,20H,9,11H2. The number of hydrogen-bond donors (Lipinski definition) is 1. The summed E-state index contributed by atoms with van der Waals surface area (Å²) < 4.78 is 12.8. The van der Waals surface area contributed by atoms with Gasteiger partial charge < -0.3 is 5.32 Å². The Balaban J connectivity index is 1.59. The smallest absolute Gasteiger partial charge is 0.123 e. The van der Waals surface area contributed by atoms with Crippen molar-refractivity contribution in [1.29, 1.82) is 0 Å². The van der Waals surface area contributed by atoms with Gasteiger partial charge in [0.25, 0.3) is 0 Å². The van der Waals surface area contributed by atoms with E-state index in [0.717, 1.165) is 26.0 Å². The molecule has 0 aliphatic heterocycles. The van der Waals surface area contributed by atoms with Gasteiger partial charge in [-0.1, -0.05) is 35.9 Å². The summed E-state index contributed by atoms with van der Waals surface area (Å²) >= 11 is 7.65. The summed E-state index contributed by atoms with van der Waals surface area (Å²) in [5.74, 6) is -0.213. The van der Waals surface area contributed by atoms with E-state index in [9.17, 15) is 4.39 Å². The Morgan fingerprint density at radius 2 is 1.91 bits per heavy atom. The normalized spacial score (nSPS) is 10.8. The molecule has 0 fully saturated rings. The van der Waals surface area contributed by atoms with Crippen molar-refractivity contribution in [3.8, 4) is 10.4 Å². The van der Waals surface area contributed by atoms with Crippen molar-refractivity contribution >= 4 is 22.9 Å². The van der Waals surface area contributed by atoms with Crippen LogP contribution in [0.4, 0.5) is 4.39 Å². The van der Waals surface area contributed by atoms with Crippen molar-refractivity contribution in [3.05, 3.63) is 76.1 Å². The van der Waals surface area contributed by atoms with Crippen LogP contribution in [0.1, 0.15) is 10.6 Å². The summed E-state index contributed by atoms with van der Waals surface area (Å²) in [6.07, 6.45) is 1.87. The topological polar surface area (TPSA) is 24.9 Å². The Morgan fingerprint density at radius 1 is 1.09 bits per heavy atom. The van der Waals surface area contributed by atoms with Crippen molar-refractivity contribution in [1.82, 2.24) is 10.3 Å². The summed E-state index contributed by atoms with van der Waals surface area (Å²) in [7, 11) is 0. The van der Waals surface area contributed by atoms with Gasteiger partial charge in [-0.3, -0.25) is 0 Å². The van der Waals surface area contributed by atoms with Crippen LogP contribution in [0.5, 0.6) is 0 Å². The van der Waals surface area contributed by atoms with Crippen LogP contribution in [0, 0.1) is 5.82 Å². The van der Waals surface area contributed by atoms with E-state index >= 15 is 0 Å². The SMILES string of the molecule is Fc1ccc(CNCc2ncc(-c3cccc(Cl)c3)s2)cc1. The maximum absolute atomic E-state index is 12.8. The van der Waals surface area contributed by atoms with Gasteiger partial charge >= 0.3 is 0 Å². The molecule has 1 N–H and O–H groups in total. The zero-order valence-electron chi connectivity index (χ0n) is 11.7. The molecule has 2 aromatic carbocycles. The summed E-state index contributed by atoms with van der Waals surface area (Å²) in [6.45, 7) is 1.37. The Kier molecular flexibility index (Phi) is 4.83. The van der Waals surface area contributed by atoms with Crippen LogP contribution in [0.25, 0.3) is 10.4 Å². The summed E-state index contributed by atoms with van der Waals surface area (Å²) in [5.41, 5.74) is 2.13. The Hall–Kier alpha value is -1.75. The number of rotatable bonds is 5. The molecule has 0 atom stereocenters. The van der Waals surface area contributed by atoms with Gasteiger partial charge in [-0.05, 0) is 35.4 Å². The highest BCUT2D eigenvalue weighted by molar-refractivity contribution is 7.15. The fraction of sp³-hybridized carbons (Fsp3) is 0.118. The second-order valence-corrected chi connectivity index (χ2v) is 6.41. The highest BCUT2D eigenvalue weighted by Crippen LogP contribution is 2.27. The van der Waals surface area contributed by atoms with Crippen molar-refractivity contribution in [2.75, 3.05) is 0 Å². The molecule has 1 aromatic heterocycles. The highest BCUT2D eigenvalue weighted by Gasteiger charge is 2.05. The molecule has 0 spiro atoms. The zero-order valence-corrected chi connectivity index (χ0v) is 13.3. The maximum Gasteiger partial charge on any atom is 0.123 e. The van der Waals surface area contributed by atoms with Crippen LogP contribution in [0.3, 0.4) is 0 Å². The molecule has 1 heterocycles. The molecular weight excluding hydrogens is 319 g/mol. The van der Waals surface area contributed by atoms with Gasteiger partial charge in [0.2, 0.25) is 0 Å². The van der Waals surface area contributed by atoms with E-state index in [1.54, 1.807) is 23.5 Å². The third kappa shape index (κ3) is 3.91. The number of nitrogens with zero attached hydrogens (tertiary/aromatic N) is 1. The highest BCUT2D eigenvalue weighted by atomic mass is 35.5. The van der Waals surface area contributed by atoms with Gasteiger partial charge in [-0.2, -0.15) is 0 Å². The van der Waals surface area contributed by atoms with Crippen LogP contribution < -0.4 is 5.32 Å². The summed E-state index contributed by atoms with van der Waals surface area (Å²) in [6, 6.07) is 14.2. The molecule has 5 heteroatoms. The quantitative estimate of drug-likeness (QED) is 0.719. The number of benzene rings is 2. The molecule has 0 saturated carbocycles. The van der Waals surface area contributed by atoms with Crippen molar-refractivity contribution in [3.63, 3.8) is 0 Å². The molecule has 3 aromatic rings. The number of halogens is 2. The van der Waals surface area contributed by atoms with E-state index in [1.807, 2.05) is 30.5 Å². The second kappa shape index (κ2) is 7.01. The van der Waals surface area contributed by atoms with Crippen molar-refractivity contribution < 1.29 is 4.39 Å². The van der Waals surface area contributed by atoms with E-state index in [0.29, 0.717) is 13.1 Å². The van der Waals surface area contributed by atoms with E-state index in [1.165, 1.54) is 12.1 Å². The first-order chi connectivity index (χ1) is 10.7. The van der Waals surface area contributed by atoms with Gasteiger partial charge in [-0.15, -0.1) is 11.3 Å². The first-order valence-electron chi connectivity index (χ1n) is 6.86. The predicted molar refractivity (Wildman–Crippen MR) is 89.5 cm³/mol. The van der Waals surface area contributed by atoms with Crippen LogP contribution >= 0.6 is 22.9 Å². The molecule has 2 nitrogen and oxygen atoms in total. The van der Waals surface area contributed by atoms with E-state index in [2.05, 4.69) is 10.3 Å². The fourth-order valence-electron chi connectivity index (χ4n) is 2.08. The minimum absolute atomic E-state index is 0.213. The molecule has 3 rings (SSSR count). The first kappa shape index (κ1) is 15.2. The van der Waals surface area contributed by atoms with E-state index < -0.39 is 0 Å². The Labute approximate surface area is 137 Å². The molecule has 112 valence electrons. The van der Waals surface area contributed by atoms with Crippen LogP contribution in [0.2, 0.25) is 5.02 Å². The molecule has 0 radical (unpaired) electrons. The molecule has 22 heavy (non-hydrogen) atoms. The van der Waals surface area contributed by atoms with Crippen LogP contribution in [0.15, 0.2) is 54.7 Å². The lowest BCUT2D eigenvalue weighted by Gasteiger charge is -2.02.